The third-order valence-corrected chi connectivity index (χ3v) is 2.43. The van der Waals surface area contributed by atoms with E-state index in [0.717, 1.165) is 0 Å². The van der Waals surface area contributed by atoms with E-state index in [-0.39, 0.29) is 10.7 Å². The van der Waals surface area contributed by atoms with Crippen molar-refractivity contribution in [3.63, 3.8) is 0 Å². The molecular formula is C6H2BrClFN3. The van der Waals surface area contributed by atoms with Crippen LogP contribution >= 0.6 is 27.5 Å². The summed E-state index contributed by atoms with van der Waals surface area (Å²) in [5.74, 6) is -0.719. The quantitative estimate of drug-likeness (QED) is 0.311. The van der Waals surface area contributed by atoms with E-state index in [1.54, 1.807) is 0 Å². The molecule has 1 rings (SSSR count). The summed E-state index contributed by atoms with van der Waals surface area (Å²) in [5, 5.41) is 3.03. The minimum Gasteiger partial charge on any atom is -0.205 e. The minimum absolute atomic E-state index is 0.0834. The molecule has 0 unspecified atom stereocenters. The molecule has 0 amide bonds. The molecule has 0 saturated heterocycles. The maximum absolute atomic E-state index is 13.0. The second kappa shape index (κ2) is 3.76. The van der Waals surface area contributed by atoms with Crippen LogP contribution in [0.25, 0.3) is 10.4 Å². The predicted molar refractivity (Wildman–Crippen MR) is 47.9 cm³/mol. The zero-order chi connectivity index (χ0) is 9.14. The van der Waals surface area contributed by atoms with E-state index in [1.165, 1.54) is 12.1 Å². The van der Waals surface area contributed by atoms with Crippen LogP contribution in [0.4, 0.5) is 10.1 Å². The van der Waals surface area contributed by atoms with E-state index >= 15 is 0 Å². The fraction of sp³-hybridized carbons (Fsp3) is 0. The maximum atomic E-state index is 13.0. The summed E-state index contributed by atoms with van der Waals surface area (Å²) in [6.45, 7) is 0. The number of rotatable bonds is 1. The van der Waals surface area contributed by atoms with Crippen molar-refractivity contribution in [3.05, 3.63) is 37.9 Å². The van der Waals surface area contributed by atoms with Gasteiger partial charge in [0.1, 0.15) is 0 Å². The summed E-state index contributed by atoms with van der Waals surface area (Å²) in [6, 6.07) is 2.85. The highest BCUT2D eigenvalue weighted by molar-refractivity contribution is 9.10. The number of benzene rings is 1. The smallest absolute Gasteiger partial charge is 0.152 e. The molecule has 1 aromatic carbocycles. The summed E-state index contributed by atoms with van der Waals surface area (Å²) in [6.07, 6.45) is 0. The van der Waals surface area contributed by atoms with Crippen LogP contribution in [-0.2, 0) is 0 Å². The van der Waals surface area contributed by atoms with Crippen LogP contribution in [0.15, 0.2) is 21.7 Å². The molecule has 0 spiro atoms. The molecule has 3 nitrogen and oxygen atoms in total. The Bertz CT molecular complexity index is 362. The Labute approximate surface area is 80.9 Å². The van der Waals surface area contributed by atoms with Gasteiger partial charge >= 0.3 is 0 Å². The van der Waals surface area contributed by atoms with E-state index in [2.05, 4.69) is 26.0 Å². The first-order valence-corrected chi connectivity index (χ1v) is 4.02. The first-order valence-electron chi connectivity index (χ1n) is 2.85. The molecule has 1 aromatic rings. The molecule has 0 bridgehead atoms. The lowest BCUT2D eigenvalue weighted by atomic mass is 10.3. The van der Waals surface area contributed by atoms with Gasteiger partial charge < -0.3 is 0 Å². The average Bonchev–Trinajstić information content (AvgIpc) is 2.07. The van der Waals surface area contributed by atoms with Gasteiger partial charge in [-0.15, -0.1) is 0 Å². The molecule has 0 saturated carbocycles. The van der Waals surface area contributed by atoms with Crippen molar-refractivity contribution >= 4 is 33.2 Å². The van der Waals surface area contributed by atoms with Gasteiger partial charge in [-0.3, -0.25) is 0 Å². The van der Waals surface area contributed by atoms with Gasteiger partial charge in [0.05, 0.1) is 10.7 Å². The molecule has 0 aliphatic heterocycles. The fourth-order valence-corrected chi connectivity index (χ4v) is 1.11. The molecule has 0 fully saturated rings. The van der Waals surface area contributed by atoms with Crippen LogP contribution in [0.3, 0.4) is 0 Å². The Morgan fingerprint density at radius 1 is 1.58 bits per heavy atom. The van der Waals surface area contributed by atoms with Gasteiger partial charge in [0.2, 0.25) is 0 Å². The van der Waals surface area contributed by atoms with Crippen molar-refractivity contribution < 1.29 is 4.39 Å². The van der Waals surface area contributed by atoms with Crippen molar-refractivity contribution in [1.29, 1.82) is 0 Å². The van der Waals surface area contributed by atoms with Gasteiger partial charge in [-0.05, 0) is 33.6 Å². The second-order valence-electron chi connectivity index (χ2n) is 1.88. The molecule has 0 atom stereocenters. The van der Waals surface area contributed by atoms with Crippen LogP contribution in [0.5, 0.6) is 0 Å². The normalized spacial score (nSPS) is 9.25. The molecule has 0 aliphatic carbocycles. The Balaban J connectivity index is 3.35. The van der Waals surface area contributed by atoms with Crippen LogP contribution in [0.2, 0.25) is 5.02 Å². The molecule has 12 heavy (non-hydrogen) atoms. The number of hydrogen-bond acceptors (Lipinski definition) is 1. The zero-order valence-corrected chi connectivity index (χ0v) is 7.97. The van der Waals surface area contributed by atoms with Gasteiger partial charge in [0, 0.05) is 9.38 Å². The third-order valence-electron chi connectivity index (χ3n) is 1.17. The fourth-order valence-electron chi connectivity index (χ4n) is 0.641. The van der Waals surface area contributed by atoms with Gasteiger partial charge in [-0.2, -0.15) is 0 Å². The summed E-state index contributed by atoms with van der Waals surface area (Å²) in [4.78, 5) is 2.45. The molecular weight excluding hydrogens is 248 g/mol. The largest absolute Gasteiger partial charge is 0.205 e. The third kappa shape index (κ3) is 1.69. The van der Waals surface area contributed by atoms with Gasteiger partial charge in [0.25, 0.3) is 0 Å². The van der Waals surface area contributed by atoms with Crippen molar-refractivity contribution in [2.75, 3.05) is 0 Å². The SMILES string of the molecule is [N-]=[N+]=Nc1ccc(Br)c(Cl)c1F. The number of hydrogen-bond donors (Lipinski definition) is 0. The summed E-state index contributed by atoms with van der Waals surface area (Å²) in [5.41, 5.74) is 7.94. The first-order chi connectivity index (χ1) is 5.66. The lowest BCUT2D eigenvalue weighted by molar-refractivity contribution is 0.629. The minimum atomic E-state index is -0.719. The Kier molecular flexibility index (Phi) is 2.92. The van der Waals surface area contributed by atoms with Crippen LogP contribution < -0.4 is 0 Å². The second-order valence-corrected chi connectivity index (χ2v) is 3.12. The first kappa shape index (κ1) is 9.32. The predicted octanol–water partition coefficient (Wildman–Crippen LogP) is 4.18. The van der Waals surface area contributed by atoms with Gasteiger partial charge in [-0.1, -0.05) is 16.7 Å². The van der Waals surface area contributed by atoms with Crippen molar-refractivity contribution in [1.82, 2.24) is 0 Å². The monoisotopic (exact) mass is 249 g/mol. The topological polar surface area (TPSA) is 48.8 Å². The lowest BCUT2D eigenvalue weighted by Crippen LogP contribution is -1.78. The molecule has 0 aromatic heterocycles. The van der Waals surface area contributed by atoms with Crippen LogP contribution in [-0.4, -0.2) is 0 Å². The maximum Gasteiger partial charge on any atom is 0.152 e. The van der Waals surface area contributed by atoms with E-state index in [4.69, 9.17) is 17.1 Å². The van der Waals surface area contributed by atoms with Gasteiger partial charge in [0.15, 0.2) is 5.82 Å². The van der Waals surface area contributed by atoms with Crippen molar-refractivity contribution in [2.45, 2.75) is 0 Å². The highest BCUT2D eigenvalue weighted by Gasteiger charge is 2.07. The average molecular weight is 250 g/mol. The summed E-state index contributed by atoms with van der Waals surface area (Å²) in [7, 11) is 0. The van der Waals surface area contributed by atoms with Gasteiger partial charge in [-0.25, -0.2) is 4.39 Å². The van der Waals surface area contributed by atoms with E-state index in [0.29, 0.717) is 4.47 Å². The zero-order valence-electron chi connectivity index (χ0n) is 5.63. The lowest BCUT2D eigenvalue weighted by Gasteiger charge is -1.99. The molecule has 0 radical (unpaired) electrons. The highest BCUT2D eigenvalue weighted by Crippen LogP contribution is 2.31. The number of nitrogens with zero attached hydrogens (tertiary/aromatic N) is 3. The summed E-state index contributed by atoms with van der Waals surface area (Å²) >= 11 is 8.54. The van der Waals surface area contributed by atoms with E-state index in [1.807, 2.05) is 0 Å². The molecule has 0 aliphatic rings. The number of halogens is 3. The molecule has 0 N–H and O–H groups in total. The Morgan fingerprint density at radius 2 is 2.25 bits per heavy atom. The standard InChI is InChI=1S/C6H2BrClFN3/c7-3-1-2-4(11-12-10)6(9)5(3)8/h1-2H. The number of azide groups is 1. The van der Waals surface area contributed by atoms with Crippen molar-refractivity contribution in [2.24, 2.45) is 5.11 Å². The molecule has 6 heteroatoms. The Morgan fingerprint density at radius 3 is 2.83 bits per heavy atom. The van der Waals surface area contributed by atoms with E-state index in [9.17, 15) is 4.39 Å². The Hall–Kier alpha value is -0.770. The highest BCUT2D eigenvalue weighted by atomic mass is 79.9. The van der Waals surface area contributed by atoms with Crippen LogP contribution in [0, 0.1) is 5.82 Å². The van der Waals surface area contributed by atoms with Crippen LogP contribution in [0.1, 0.15) is 0 Å². The molecule has 0 heterocycles. The van der Waals surface area contributed by atoms with E-state index < -0.39 is 5.82 Å². The molecule has 62 valence electrons. The summed E-state index contributed by atoms with van der Waals surface area (Å²) < 4.78 is 13.5. The van der Waals surface area contributed by atoms with Crippen molar-refractivity contribution in [3.8, 4) is 0 Å².